The summed E-state index contributed by atoms with van der Waals surface area (Å²) < 4.78 is 39.8. The van der Waals surface area contributed by atoms with E-state index in [1.165, 1.54) is 21.3 Å². The van der Waals surface area contributed by atoms with Gasteiger partial charge in [-0.2, -0.15) is 0 Å². The highest BCUT2D eigenvalue weighted by molar-refractivity contribution is 7.92. The third kappa shape index (κ3) is 8.43. The average Bonchev–Trinajstić information content (AvgIpc) is 2.87. The standard InChI is InChI=1S/C28H37ClFN3O4S/c1-20-11-14-23(29)18-26(20)33(38(3,36)37)17-7-10-27(34)32(19-22-12-15-24(30)16-13-22)21(2)28(35)31-25-8-5-4-6-9-25/h11-16,18,21,25H,4-10,17,19H2,1-3H3,(H,31,35)/t21-/m0/s1. The molecule has 38 heavy (non-hydrogen) atoms. The van der Waals surface area contributed by atoms with Gasteiger partial charge in [0.2, 0.25) is 21.8 Å². The van der Waals surface area contributed by atoms with Crippen LogP contribution in [0.2, 0.25) is 5.02 Å². The van der Waals surface area contributed by atoms with E-state index in [0.29, 0.717) is 16.3 Å². The molecule has 0 aliphatic heterocycles. The number of halogens is 2. The van der Waals surface area contributed by atoms with Gasteiger partial charge in [0.1, 0.15) is 11.9 Å². The minimum absolute atomic E-state index is 0.0356. The van der Waals surface area contributed by atoms with E-state index in [9.17, 15) is 22.4 Å². The predicted octanol–water partition coefficient (Wildman–Crippen LogP) is 5.20. The molecule has 2 amide bonds. The lowest BCUT2D eigenvalue weighted by atomic mass is 9.95. The lowest BCUT2D eigenvalue weighted by Crippen LogP contribution is -2.50. The van der Waals surface area contributed by atoms with Crippen LogP contribution in [0.25, 0.3) is 0 Å². The van der Waals surface area contributed by atoms with Gasteiger partial charge in [-0.1, -0.05) is 49.1 Å². The smallest absolute Gasteiger partial charge is 0.242 e. The summed E-state index contributed by atoms with van der Waals surface area (Å²) in [4.78, 5) is 28.0. The van der Waals surface area contributed by atoms with Gasteiger partial charge in [0.05, 0.1) is 11.9 Å². The summed E-state index contributed by atoms with van der Waals surface area (Å²) in [6.07, 6.45) is 6.55. The number of rotatable bonds is 11. The Morgan fingerprint density at radius 1 is 1.11 bits per heavy atom. The van der Waals surface area contributed by atoms with Crippen molar-refractivity contribution in [3.63, 3.8) is 0 Å². The van der Waals surface area contributed by atoms with Gasteiger partial charge in [-0.15, -0.1) is 0 Å². The maximum Gasteiger partial charge on any atom is 0.242 e. The van der Waals surface area contributed by atoms with Crippen LogP contribution in [0, 0.1) is 12.7 Å². The predicted molar refractivity (Wildman–Crippen MR) is 149 cm³/mol. The molecule has 1 aliphatic carbocycles. The minimum Gasteiger partial charge on any atom is -0.352 e. The van der Waals surface area contributed by atoms with Gasteiger partial charge in [-0.3, -0.25) is 13.9 Å². The maximum atomic E-state index is 13.5. The van der Waals surface area contributed by atoms with Gasteiger partial charge in [0.15, 0.2) is 0 Å². The number of nitrogens with zero attached hydrogens (tertiary/aromatic N) is 2. The third-order valence-electron chi connectivity index (χ3n) is 6.98. The van der Waals surface area contributed by atoms with Gasteiger partial charge >= 0.3 is 0 Å². The second-order valence-corrected chi connectivity index (χ2v) is 12.4. The lowest BCUT2D eigenvalue weighted by molar-refractivity contribution is -0.141. The molecule has 2 aromatic carbocycles. The van der Waals surface area contributed by atoms with Crippen LogP contribution in [0.4, 0.5) is 10.1 Å². The van der Waals surface area contributed by atoms with E-state index in [1.54, 1.807) is 44.2 Å². The summed E-state index contributed by atoms with van der Waals surface area (Å²) in [7, 11) is -3.62. The van der Waals surface area contributed by atoms with Crippen molar-refractivity contribution in [2.24, 2.45) is 0 Å². The van der Waals surface area contributed by atoms with Crippen LogP contribution in [0.5, 0.6) is 0 Å². The van der Waals surface area contributed by atoms with Crippen molar-refractivity contribution in [2.45, 2.75) is 77.4 Å². The number of hydrogen-bond donors (Lipinski definition) is 1. The SMILES string of the molecule is Cc1ccc(Cl)cc1N(CCCC(=O)N(Cc1ccc(F)cc1)[C@@H](C)C(=O)NC1CCCCC1)S(C)(=O)=O. The first-order valence-electron chi connectivity index (χ1n) is 13.0. The molecule has 1 fully saturated rings. The molecule has 1 N–H and O–H groups in total. The second-order valence-electron chi connectivity index (χ2n) is 10.0. The molecule has 10 heteroatoms. The molecular formula is C28H37ClFN3O4S. The van der Waals surface area contributed by atoms with E-state index in [1.807, 2.05) is 0 Å². The van der Waals surface area contributed by atoms with Crippen molar-refractivity contribution in [1.29, 1.82) is 0 Å². The molecule has 1 aliphatic rings. The Balaban J connectivity index is 1.73. The molecule has 2 aromatic rings. The van der Waals surface area contributed by atoms with Crippen molar-refractivity contribution in [3.05, 3.63) is 64.4 Å². The topological polar surface area (TPSA) is 86.8 Å². The van der Waals surface area contributed by atoms with E-state index in [-0.39, 0.29) is 49.6 Å². The second kappa shape index (κ2) is 13.4. The van der Waals surface area contributed by atoms with Crippen LogP contribution in [-0.2, 0) is 26.2 Å². The number of carbonyl (C=O) groups excluding carboxylic acids is 2. The van der Waals surface area contributed by atoms with E-state index in [4.69, 9.17) is 11.6 Å². The Morgan fingerprint density at radius 2 is 1.76 bits per heavy atom. The molecule has 0 aromatic heterocycles. The maximum absolute atomic E-state index is 13.5. The highest BCUT2D eigenvalue weighted by Gasteiger charge is 2.28. The molecule has 1 atom stereocenters. The molecule has 0 radical (unpaired) electrons. The fraction of sp³-hybridized carbons (Fsp3) is 0.500. The van der Waals surface area contributed by atoms with Crippen molar-refractivity contribution < 1.29 is 22.4 Å². The monoisotopic (exact) mass is 565 g/mol. The number of nitrogens with one attached hydrogen (secondary N) is 1. The third-order valence-corrected chi connectivity index (χ3v) is 8.39. The molecular weight excluding hydrogens is 529 g/mol. The Kier molecular flexibility index (Phi) is 10.6. The Hall–Kier alpha value is -2.65. The first-order valence-corrected chi connectivity index (χ1v) is 15.3. The summed E-state index contributed by atoms with van der Waals surface area (Å²) in [6, 6.07) is 10.2. The first kappa shape index (κ1) is 29.9. The van der Waals surface area contributed by atoms with Gasteiger partial charge in [0, 0.05) is 30.6 Å². The van der Waals surface area contributed by atoms with Gasteiger partial charge in [-0.05, 0) is 68.5 Å². The molecule has 0 saturated heterocycles. The van der Waals surface area contributed by atoms with Crippen LogP contribution in [0.3, 0.4) is 0 Å². The first-order chi connectivity index (χ1) is 18.0. The van der Waals surface area contributed by atoms with Crippen molar-refractivity contribution in [2.75, 3.05) is 17.1 Å². The zero-order valence-corrected chi connectivity index (χ0v) is 23.8. The Morgan fingerprint density at radius 3 is 2.39 bits per heavy atom. The number of hydrogen-bond acceptors (Lipinski definition) is 4. The Bertz CT molecular complexity index is 1220. The van der Waals surface area contributed by atoms with Crippen LogP contribution in [0.15, 0.2) is 42.5 Å². The summed E-state index contributed by atoms with van der Waals surface area (Å²) in [6.45, 7) is 3.71. The molecule has 1 saturated carbocycles. The average molecular weight is 566 g/mol. The van der Waals surface area contributed by atoms with E-state index in [0.717, 1.165) is 43.9 Å². The molecule has 0 unspecified atom stereocenters. The van der Waals surface area contributed by atoms with Crippen LogP contribution < -0.4 is 9.62 Å². The highest BCUT2D eigenvalue weighted by Crippen LogP contribution is 2.27. The highest BCUT2D eigenvalue weighted by atomic mass is 35.5. The van der Waals surface area contributed by atoms with Crippen LogP contribution >= 0.6 is 11.6 Å². The number of benzene rings is 2. The quantitative estimate of drug-likeness (QED) is 0.406. The van der Waals surface area contributed by atoms with Gasteiger partial charge in [0.25, 0.3) is 0 Å². The summed E-state index contributed by atoms with van der Waals surface area (Å²) in [5.74, 6) is -0.886. The van der Waals surface area contributed by atoms with E-state index < -0.39 is 16.1 Å². The zero-order valence-electron chi connectivity index (χ0n) is 22.3. The fourth-order valence-corrected chi connectivity index (χ4v) is 5.95. The van der Waals surface area contributed by atoms with Gasteiger partial charge in [-0.25, -0.2) is 12.8 Å². The summed E-state index contributed by atoms with van der Waals surface area (Å²) in [5, 5.41) is 3.50. The number of aryl methyl sites for hydroxylation is 1. The van der Waals surface area contributed by atoms with Crippen molar-refractivity contribution in [1.82, 2.24) is 10.2 Å². The zero-order chi connectivity index (χ0) is 27.9. The number of anilines is 1. The molecule has 0 spiro atoms. The molecule has 0 bridgehead atoms. The fourth-order valence-electron chi connectivity index (χ4n) is 4.77. The van der Waals surface area contributed by atoms with E-state index >= 15 is 0 Å². The minimum atomic E-state index is -3.62. The lowest BCUT2D eigenvalue weighted by Gasteiger charge is -2.31. The summed E-state index contributed by atoms with van der Waals surface area (Å²) >= 11 is 6.11. The molecule has 0 heterocycles. The number of sulfonamides is 1. The molecule has 7 nitrogen and oxygen atoms in total. The van der Waals surface area contributed by atoms with Crippen LogP contribution in [0.1, 0.15) is 63.0 Å². The number of amides is 2. The van der Waals surface area contributed by atoms with Crippen molar-refractivity contribution >= 4 is 39.1 Å². The van der Waals surface area contributed by atoms with Crippen molar-refractivity contribution in [3.8, 4) is 0 Å². The Labute approximate surface area is 230 Å². The van der Waals surface area contributed by atoms with E-state index in [2.05, 4.69) is 5.32 Å². The molecule has 208 valence electrons. The van der Waals surface area contributed by atoms with Crippen LogP contribution in [-0.4, -0.2) is 50.0 Å². The van der Waals surface area contributed by atoms with Gasteiger partial charge < -0.3 is 10.2 Å². The normalized spacial score (nSPS) is 15.1. The summed E-state index contributed by atoms with van der Waals surface area (Å²) in [5.41, 5.74) is 1.91. The largest absolute Gasteiger partial charge is 0.352 e. The molecule has 3 rings (SSSR count). The number of carbonyl (C=O) groups is 2.